The molecule has 1 aliphatic rings. The summed E-state index contributed by atoms with van der Waals surface area (Å²) in [5.41, 5.74) is 6.78. The fourth-order valence-electron chi connectivity index (χ4n) is 3.69. The minimum atomic E-state index is -0.424. The molecule has 0 saturated heterocycles. The summed E-state index contributed by atoms with van der Waals surface area (Å²) in [4.78, 5) is 14.6. The Kier molecular flexibility index (Phi) is 6.27. The molecule has 152 valence electrons. The highest BCUT2D eigenvalue weighted by Crippen LogP contribution is 2.40. The third-order valence-electron chi connectivity index (χ3n) is 4.96. The second kappa shape index (κ2) is 8.39. The summed E-state index contributed by atoms with van der Waals surface area (Å²) in [6, 6.07) is 8.61. The molecule has 0 fully saturated rings. The number of amides is 1. The molecule has 0 atom stereocenters. The summed E-state index contributed by atoms with van der Waals surface area (Å²) in [6.07, 6.45) is 3.78. The zero-order valence-corrected chi connectivity index (χ0v) is 19.0. The highest BCUT2D eigenvalue weighted by molar-refractivity contribution is 6.36. The van der Waals surface area contributed by atoms with E-state index in [1.807, 2.05) is 12.1 Å². The minimum Gasteiger partial charge on any atom is -0.363 e. The van der Waals surface area contributed by atoms with Gasteiger partial charge in [0.2, 0.25) is 0 Å². The van der Waals surface area contributed by atoms with Crippen LogP contribution in [-0.4, -0.2) is 24.2 Å². The molecule has 0 bridgehead atoms. The summed E-state index contributed by atoms with van der Waals surface area (Å²) in [5, 5.41) is 5.34. The number of fused-ring (bicyclic) bond motifs is 1. The van der Waals surface area contributed by atoms with E-state index in [-0.39, 0.29) is 10.6 Å². The Balaban J connectivity index is 1.86. The van der Waals surface area contributed by atoms with E-state index in [4.69, 9.17) is 34.8 Å². The van der Waals surface area contributed by atoms with Gasteiger partial charge in [-0.25, -0.2) is 5.43 Å². The monoisotopic (exact) mass is 449 g/mol. The smallest absolute Gasteiger partial charge is 0.272 e. The molecule has 0 spiro atoms. The van der Waals surface area contributed by atoms with Crippen molar-refractivity contribution in [1.82, 2.24) is 5.43 Å². The number of benzene rings is 2. The highest BCUT2D eigenvalue weighted by atomic mass is 35.5. The molecular formula is C22H22Cl3N3O. The first-order valence-electron chi connectivity index (χ1n) is 9.23. The molecule has 3 rings (SSSR count). The van der Waals surface area contributed by atoms with Crippen LogP contribution in [0.25, 0.3) is 5.57 Å². The van der Waals surface area contributed by atoms with Crippen LogP contribution in [0.5, 0.6) is 0 Å². The van der Waals surface area contributed by atoms with Gasteiger partial charge in [0, 0.05) is 28.4 Å². The van der Waals surface area contributed by atoms with E-state index in [1.54, 1.807) is 12.1 Å². The zero-order chi connectivity index (χ0) is 21.3. The largest absolute Gasteiger partial charge is 0.363 e. The van der Waals surface area contributed by atoms with Gasteiger partial charge in [-0.1, -0.05) is 40.9 Å². The van der Waals surface area contributed by atoms with Gasteiger partial charge in [-0.15, -0.1) is 0 Å². The first-order chi connectivity index (χ1) is 13.6. The van der Waals surface area contributed by atoms with Crippen LogP contribution in [0.3, 0.4) is 0 Å². The lowest BCUT2D eigenvalue weighted by Gasteiger charge is -2.43. The number of allylic oxidation sites excluding steroid dienone is 1. The summed E-state index contributed by atoms with van der Waals surface area (Å²) in [5.74, 6) is -0.424. The quantitative estimate of drug-likeness (QED) is 0.431. The van der Waals surface area contributed by atoms with Crippen molar-refractivity contribution in [2.45, 2.75) is 33.2 Å². The average Bonchev–Trinajstić information content (AvgIpc) is 2.62. The molecule has 1 aliphatic heterocycles. The number of hydrazone groups is 1. The van der Waals surface area contributed by atoms with Gasteiger partial charge >= 0.3 is 0 Å². The maximum absolute atomic E-state index is 12.3. The normalized spacial score (nSPS) is 15.3. The molecule has 1 amide bonds. The van der Waals surface area contributed by atoms with E-state index >= 15 is 0 Å². The van der Waals surface area contributed by atoms with Crippen molar-refractivity contribution in [1.29, 1.82) is 0 Å². The summed E-state index contributed by atoms with van der Waals surface area (Å²) in [6.45, 7) is 9.45. The second-order valence-corrected chi connectivity index (χ2v) is 8.69. The van der Waals surface area contributed by atoms with E-state index < -0.39 is 5.91 Å². The predicted molar refractivity (Wildman–Crippen MR) is 124 cm³/mol. The molecule has 0 saturated carbocycles. The van der Waals surface area contributed by atoms with Crippen molar-refractivity contribution in [2.24, 2.45) is 5.10 Å². The van der Waals surface area contributed by atoms with Crippen molar-refractivity contribution < 1.29 is 4.79 Å². The maximum Gasteiger partial charge on any atom is 0.272 e. The van der Waals surface area contributed by atoms with Crippen LogP contribution in [0.1, 0.15) is 49.2 Å². The predicted octanol–water partition coefficient (Wildman–Crippen LogP) is 6.43. The van der Waals surface area contributed by atoms with Crippen LogP contribution in [0, 0.1) is 0 Å². The molecule has 4 nitrogen and oxygen atoms in total. The van der Waals surface area contributed by atoms with E-state index in [2.05, 4.69) is 49.2 Å². The van der Waals surface area contributed by atoms with Crippen molar-refractivity contribution in [3.05, 3.63) is 68.2 Å². The summed E-state index contributed by atoms with van der Waals surface area (Å²) >= 11 is 18.4. The Bertz CT molecular complexity index is 1030. The van der Waals surface area contributed by atoms with Crippen LogP contribution in [0.15, 0.2) is 41.5 Å². The van der Waals surface area contributed by atoms with E-state index in [9.17, 15) is 4.79 Å². The third kappa shape index (κ3) is 4.45. The van der Waals surface area contributed by atoms with Gasteiger partial charge in [0.1, 0.15) is 0 Å². The number of likely N-dealkylation sites (N-methyl/N-ethyl adjacent to an activating group) is 1. The number of carbonyl (C=O) groups excluding carboxylic acids is 1. The molecule has 0 aliphatic carbocycles. The van der Waals surface area contributed by atoms with Crippen LogP contribution >= 0.6 is 34.8 Å². The molecule has 0 radical (unpaired) electrons. The van der Waals surface area contributed by atoms with Gasteiger partial charge in [0.15, 0.2) is 0 Å². The van der Waals surface area contributed by atoms with Crippen LogP contribution in [0.2, 0.25) is 15.1 Å². The van der Waals surface area contributed by atoms with Crippen LogP contribution < -0.4 is 10.3 Å². The average molecular weight is 451 g/mol. The number of rotatable bonds is 4. The topological polar surface area (TPSA) is 44.7 Å². The lowest BCUT2D eigenvalue weighted by Crippen LogP contribution is -2.44. The molecule has 7 heteroatoms. The number of nitrogens with zero attached hydrogens (tertiary/aromatic N) is 2. The summed E-state index contributed by atoms with van der Waals surface area (Å²) in [7, 11) is 0. The molecule has 1 heterocycles. The first kappa shape index (κ1) is 21.7. The fourth-order valence-corrected chi connectivity index (χ4v) is 4.39. The van der Waals surface area contributed by atoms with E-state index in [1.165, 1.54) is 17.9 Å². The Morgan fingerprint density at radius 2 is 1.90 bits per heavy atom. The lowest BCUT2D eigenvalue weighted by molar-refractivity contribution is 0.0955. The molecule has 2 aromatic rings. The van der Waals surface area contributed by atoms with Gasteiger partial charge in [-0.05, 0) is 63.6 Å². The van der Waals surface area contributed by atoms with Crippen molar-refractivity contribution >= 4 is 58.2 Å². The molecule has 0 unspecified atom stereocenters. The number of carbonyl (C=O) groups is 1. The van der Waals surface area contributed by atoms with Gasteiger partial charge in [-0.3, -0.25) is 4.79 Å². The van der Waals surface area contributed by atoms with E-state index in [0.29, 0.717) is 15.6 Å². The van der Waals surface area contributed by atoms with Gasteiger partial charge < -0.3 is 4.90 Å². The Morgan fingerprint density at radius 3 is 2.55 bits per heavy atom. The second-order valence-electron chi connectivity index (χ2n) is 7.44. The third-order valence-corrected chi connectivity index (χ3v) is 5.83. The zero-order valence-electron chi connectivity index (χ0n) is 16.7. The highest BCUT2D eigenvalue weighted by Gasteiger charge is 2.30. The van der Waals surface area contributed by atoms with Crippen molar-refractivity contribution in [3.8, 4) is 0 Å². The number of anilines is 1. The molecule has 29 heavy (non-hydrogen) atoms. The van der Waals surface area contributed by atoms with E-state index in [0.717, 1.165) is 23.4 Å². The maximum atomic E-state index is 12.3. The van der Waals surface area contributed by atoms with Gasteiger partial charge in [0.25, 0.3) is 5.91 Å². The first-order valence-corrected chi connectivity index (χ1v) is 10.4. The molecule has 1 N–H and O–H groups in total. The molecule has 2 aromatic carbocycles. The van der Waals surface area contributed by atoms with Gasteiger partial charge in [0.05, 0.1) is 27.4 Å². The Labute approximate surface area is 186 Å². The lowest BCUT2D eigenvalue weighted by atomic mass is 9.88. The van der Waals surface area contributed by atoms with Crippen LogP contribution in [0.4, 0.5) is 5.69 Å². The number of nitrogens with one attached hydrogen (secondary N) is 1. The Morgan fingerprint density at radius 1 is 1.17 bits per heavy atom. The SMILES string of the molecule is CCN1c2cc(Cl)c(/C=N\NC(=O)c3ccc(Cl)cc3Cl)cc2C(C)=CC1(C)C. The standard InChI is InChI=1S/C22H22Cl3N3O/c1-5-28-20-10-18(24)14(8-17(20)13(2)11-22(28,3)4)12-26-27-21(29)16-7-6-15(23)9-19(16)25/h6-12H,5H2,1-4H3,(H,27,29)/b26-12-. The minimum absolute atomic E-state index is 0.0867. The molecular weight excluding hydrogens is 429 g/mol. The molecule has 0 aromatic heterocycles. The number of hydrogen-bond acceptors (Lipinski definition) is 3. The van der Waals surface area contributed by atoms with Gasteiger partial charge in [-0.2, -0.15) is 5.10 Å². The number of hydrogen-bond donors (Lipinski definition) is 1. The van der Waals surface area contributed by atoms with Crippen molar-refractivity contribution in [2.75, 3.05) is 11.4 Å². The Hall–Kier alpha value is -2.01. The van der Waals surface area contributed by atoms with Crippen LogP contribution in [-0.2, 0) is 0 Å². The fraction of sp³-hybridized carbons (Fsp3) is 0.273. The summed E-state index contributed by atoms with van der Waals surface area (Å²) < 4.78 is 0. The van der Waals surface area contributed by atoms with Crippen molar-refractivity contribution in [3.63, 3.8) is 0 Å². The number of halogens is 3.